The number of rotatable bonds is 5. The first kappa shape index (κ1) is 23.7. The molecule has 3 aromatic rings. The first-order valence-corrected chi connectivity index (χ1v) is 10.9. The highest BCUT2D eigenvalue weighted by atomic mass is 16.5. The average molecular weight is 476 g/mol. The summed E-state index contributed by atoms with van der Waals surface area (Å²) in [5.41, 5.74) is 1.64. The summed E-state index contributed by atoms with van der Waals surface area (Å²) in [6.07, 6.45) is 0. The van der Waals surface area contributed by atoms with Gasteiger partial charge in [0.2, 0.25) is 0 Å². The number of fused-ring (bicyclic) bond motifs is 1. The molecule has 0 bridgehead atoms. The number of carbonyl (C=O) groups is 2. The number of hydrogen-bond donors (Lipinski definition) is 1. The number of nitrogens with one attached hydrogen (secondary N) is 1. The molecule has 1 N–H and O–H groups in total. The second kappa shape index (κ2) is 9.46. The lowest BCUT2D eigenvalue weighted by Crippen LogP contribution is -2.43. The van der Waals surface area contributed by atoms with Crippen molar-refractivity contribution in [2.24, 2.45) is 14.1 Å². The lowest BCUT2D eigenvalue weighted by Gasteiger charge is -2.31. The van der Waals surface area contributed by atoms with Crippen molar-refractivity contribution < 1.29 is 19.1 Å². The summed E-state index contributed by atoms with van der Waals surface area (Å²) in [5.74, 6) is -1.62. The summed E-state index contributed by atoms with van der Waals surface area (Å²) in [5, 5.41) is 3.06. The molecule has 0 spiro atoms. The van der Waals surface area contributed by atoms with Crippen molar-refractivity contribution in [3.8, 4) is 0 Å². The predicted octanol–water partition coefficient (Wildman–Crippen LogP) is 2.45. The van der Waals surface area contributed by atoms with Gasteiger partial charge in [0.25, 0.3) is 5.56 Å². The van der Waals surface area contributed by atoms with Crippen LogP contribution in [0.15, 0.2) is 75.5 Å². The molecule has 1 aromatic heterocycles. The largest absolute Gasteiger partial charge is 0.465 e. The Labute approximate surface area is 201 Å². The van der Waals surface area contributed by atoms with E-state index in [2.05, 4.69) is 5.32 Å². The molecule has 2 heterocycles. The van der Waals surface area contributed by atoms with Crippen molar-refractivity contribution >= 4 is 17.8 Å². The predicted molar refractivity (Wildman–Crippen MR) is 129 cm³/mol. The third-order valence-corrected chi connectivity index (χ3v) is 6.08. The maximum atomic E-state index is 13.4. The van der Waals surface area contributed by atoms with Crippen LogP contribution in [-0.2, 0) is 35.0 Å². The molecular weight excluding hydrogens is 450 g/mol. The van der Waals surface area contributed by atoms with Crippen LogP contribution in [0.2, 0.25) is 0 Å². The molecule has 1 aliphatic rings. The zero-order chi connectivity index (χ0) is 25.3. The number of nitrogens with zero attached hydrogens (tertiary/aromatic N) is 2. The number of hydrogen-bond acceptors (Lipinski definition) is 7. The summed E-state index contributed by atoms with van der Waals surface area (Å²) >= 11 is 0. The fourth-order valence-electron chi connectivity index (χ4n) is 4.22. The highest BCUT2D eigenvalue weighted by Crippen LogP contribution is 2.40. The monoisotopic (exact) mass is 475 g/mol. The van der Waals surface area contributed by atoms with Crippen LogP contribution >= 0.6 is 0 Å². The van der Waals surface area contributed by atoms with Gasteiger partial charge in [-0.2, -0.15) is 0 Å². The average Bonchev–Trinajstić information content (AvgIpc) is 2.88. The maximum Gasteiger partial charge on any atom is 0.337 e. The third kappa shape index (κ3) is 4.28. The minimum absolute atomic E-state index is 0.0581. The molecule has 35 heavy (non-hydrogen) atoms. The van der Waals surface area contributed by atoms with Crippen molar-refractivity contribution in [1.82, 2.24) is 9.13 Å². The summed E-state index contributed by atoms with van der Waals surface area (Å²) in [4.78, 5) is 51.2. The van der Waals surface area contributed by atoms with Gasteiger partial charge in [0, 0.05) is 19.8 Å². The molecule has 0 amide bonds. The number of aromatic nitrogens is 2. The van der Waals surface area contributed by atoms with Crippen LogP contribution in [0.1, 0.15) is 39.9 Å². The molecule has 1 unspecified atom stereocenters. The van der Waals surface area contributed by atoms with Crippen LogP contribution in [0.25, 0.3) is 0 Å². The van der Waals surface area contributed by atoms with Gasteiger partial charge in [-0.3, -0.25) is 13.9 Å². The van der Waals surface area contributed by atoms with E-state index in [4.69, 9.17) is 9.47 Å². The summed E-state index contributed by atoms with van der Waals surface area (Å²) < 4.78 is 12.7. The Morgan fingerprint density at radius 2 is 1.60 bits per heavy atom. The van der Waals surface area contributed by atoms with Gasteiger partial charge in [-0.1, -0.05) is 42.5 Å². The lowest BCUT2D eigenvalue weighted by atomic mass is 9.82. The van der Waals surface area contributed by atoms with Gasteiger partial charge in [-0.15, -0.1) is 0 Å². The van der Waals surface area contributed by atoms with E-state index >= 15 is 0 Å². The second-order valence-electron chi connectivity index (χ2n) is 8.24. The van der Waals surface area contributed by atoms with E-state index in [1.165, 1.54) is 18.7 Å². The topological polar surface area (TPSA) is 109 Å². The first-order chi connectivity index (χ1) is 16.7. The van der Waals surface area contributed by atoms with Gasteiger partial charge < -0.3 is 14.8 Å². The van der Waals surface area contributed by atoms with E-state index in [0.717, 1.165) is 10.1 Å². The van der Waals surface area contributed by atoms with Gasteiger partial charge in [0.1, 0.15) is 12.4 Å². The Bertz CT molecular complexity index is 1450. The molecule has 180 valence electrons. The molecule has 0 fully saturated rings. The molecule has 0 aliphatic carbocycles. The molecule has 9 nitrogen and oxygen atoms in total. The Hall–Kier alpha value is -4.40. The molecule has 0 radical (unpaired) electrons. The molecule has 1 atom stereocenters. The van der Waals surface area contributed by atoms with Crippen molar-refractivity contribution in [2.45, 2.75) is 19.4 Å². The minimum atomic E-state index is -0.827. The number of esters is 2. The molecule has 1 aliphatic heterocycles. The smallest absolute Gasteiger partial charge is 0.337 e. The Kier molecular flexibility index (Phi) is 6.42. The van der Waals surface area contributed by atoms with E-state index in [9.17, 15) is 19.2 Å². The van der Waals surface area contributed by atoms with Gasteiger partial charge >= 0.3 is 17.6 Å². The van der Waals surface area contributed by atoms with Gasteiger partial charge in [0.05, 0.1) is 29.7 Å². The van der Waals surface area contributed by atoms with E-state index in [-0.39, 0.29) is 17.7 Å². The molecular formula is C26H25N3O6. The number of benzene rings is 2. The number of anilines is 1. The lowest BCUT2D eigenvalue weighted by molar-refractivity contribution is -0.140. The Balaban J connectivity index is 1.85. The fraction of sp³-hybridized carbons (Fsp3) is 0.231. The third-order valence-electron chi connectivity index (χ3n) is 6.08. The number of methoxy groups -OCH3 is 1. The molecule has 0 saturated heterocycles. The minimum Gasteiger partial charge on any atom is -0.465 e. The second-order valence-corrected chi connectivity index (χ2v) is 8.24. The highest BCUT2D eigenvalue weighted by Gasteiger charge is 2.37. The van der Waals surface area contributed by atoms with Gasteiger partial charge in [-0.25, -0.2) is 14.4 Å². The number of allylic oxidation sites excluding steroid dienone is 1. The van der Waals surface area contributed by atoms with Gasteiger partial charge in [0.15, 0.2) is 0 Å². The van der Waals surface area contributed by atoms with Crippen LogP contribution < -0.4 is 16.6 Å². The standard InChI is InChI=1S/C26H25N3O6/c1-15-19(25(32)35-14-16-8-6-5-7-9-16)20(17-10-12-18(13-11-17)24(31)34-4)21-22(27-15)28(2)26(33)29(3)23(21)30/h5-13,20,27H,14H2,1-4H3. The zero-order valence-corrected chi connectivity index (χ0v) is 19.8. The van der Waals surface area contributed by atoms with Crippen LogP contribution in [0.5, 0.6) is 0 Å². The van der Waals surface area contributed by atoms with Crippen LogP contribution in [0, 0.1) is 0 Å². The van der Waals surface area contributed by atoms with Crippen molar-refractivity contribution in [3.05, 3.63) is 109 Å². The normalized spacial score (nSPS) is 14.7. The Morgan fingerprint density at radius 1 is 0.943 bits per heavy atom. The van der Waals surface area contributed by atoms with E-state index in [0.29, 0.717) is 22.6 Å². The molecule has 4 rings (SSSR count). The first-order valence-electron chi connectivity index (χ1n) is 10.9. The molecule has 9 heteroatoms. The Morgan fingerprint density at radius 3 is 2.23 bits per heavy atom. The highest BCUT2D eigenvalue weighted by molar-refractivity contribution is 5.94. The van der Waals surface area contributed by atoms with E-state index in [1.807, 2.05) is 30.3 Å². The quantitative estimate of drug-likeness (QED) is 0.565. The van der Waals surface area contributed by atoms with E-state index in [1.54, 1.807) is 38.2 Å². The molecule has 2 aromatic carbocycles. The number of ether oxygens (including phenoxy) is 2. The summed E-state index contributed by atoms with van der Waals surface area (Å²) in [7, 11) is 4.23. The summed E-state index contributed by atoms with van der Waals surface area (Å²) in [6.45, 7) is 1.75. The van der Waals surface area contributed by atoms with Crippen LogP contribution in [-0.4, -0.2) is 28.2 Å². The van der Waals surface area contributed by atoms with Crippen molar-refractivity contribution in [1.29, 1.82) is 0 Å². The van der Waals surface area contributed by atoms with Gasteiger partial charge in [-0.05, 0) is 30.2 Å². The van der Waals surface area contributed by atoms with Crippen molar-refractivity contribution in [2.75, 3.05) is 12.4 Å². The van der Waals surface area contributed by atoms with Crippen LogP contribution in [0.4, 0.5) is 5.82 Å². The van der Waals surface area contributed by atoms with Crippen LogP contribution in [0.3, 0.4) is 0 Å². The zero-order valence-electron chi connectivity index (χ0n) is 19.8. The summed E-state index contributed by atoms with van der Waals surface area (Å²) in [6, 6.07) is 15.7. The number of carbonyl (C=O) groups excluding carboxylic acids is 2. The SMILES string of the molecule is COC(=O)c1ccc(C2C(C(=O)OCc3ccccc3)=C(C)Nc3c2c(=O)n(C)c(=O)n3C)cc1. The fourth-order valence-corrected chi connectivity index (χ4v) is 4.22. The van der Waals surface area contributed by atoms with E-state index < -0.39 is 29.1 Å². The maximum absolute atomic E-state index is 13.4. The molecule has 0 saturated carbocycles. The van der Waals surface area contributed by atoms with Crippen molar-refractivity contribution in [3.63, 3.8) is 0 Å².